The maximum Gasteiger partial charge on any atom is 0.242 e. The lowest BCUT2D eigenvalue weighted by Gasteiger charge is -2.31. The molecule has 0 aliphatic rings. The molecule has 34 heavy (non-hydrogen) atoms. The van der Waals surface area contributed by atoms with Crippen LogP contribution in [0.15, 0.2) is 54.7 Å². The van der Waals surface area contributed by atoms with Gasteiger partial charge in [-0.05, 0) is 49.1 Å². The van der Waals surface area contributed by atoms with Gasteiger partial charge in [0.25, 0.3) is 0 Å². The van der Waals surface area contributed by atoms with Gasteiger partial charge in [-0.2, -0.15) is 0 Å². The van der Waals surface area contributed by atoms with E-state index in [4.69, 9.17) is 0 Å². The first-order valence-corrected chi connectivity index (χ1v) is 12.2. The highest BCUT2D eigenvalue weighted by Gasteiger charge is 2.24. The van der Waals surface area contributed by atoms with Crippen molar-refractivity contribution >= 4 is 28.4 Å². The van der Waals surface area contributed by atoms with Crippen molar-refractivity contribution in [3.8, 4) is 0 Å². The number of aromatic nitrogens is 1. The van der Waals surface area contributed by atoms with Gasteiger partial charge in [0.1, 0.15) is 0 Å². The van der Waals surface area contributed by atoms with Crippen LogP contribution >= 0.6 is 0 Å². The summed E-state index contributed by atoms with van der Waals surface area (Å²) in [6, 6.07) is 16.6. The zero-order valence-corrected chi connectivity index (χ0v) is 21.2. The molecule has 0 saturated heterocycles. The third kappa shape index (κ3) is 6.19. The number of anilines is 1. The second kappa shape index (κ2) is 11.7. The minimum atomic E-state index is -0.0152. The molecule has 1 heterocycles. The van der Waals surface area contributed by atoms with E-state index >= 15 is 0 Å². The van der Waals surface area contributed by atoms with Crippen LogP contribution in [0.5, 0.6) is 0 Å². The average Bonchev–Trinajstić information content (AvgIpc) is 3.27. The third-order valence-electron chi connectivity index (χ3n) is 6.56. The first-order valence-electron chi connectivity index (χ1n) is 12.2. The predicted molar refractivity (Wildman–Crippen MR) is 140 cm³/mol. The molecule has 182 valence electrons. The molecule has 0 bridgehead atoms. The number of aromatic amines is 1. The molecule has 1 atom stereocenters. The molecule has 0 aliphatic carbocycles. The molecule has 6 nitrogen and oxygen atoms in total. The second-order valence-electron chi connectivity index (χ2n) is 9.12. The summed E-state index contributed by atoms with van der Waals surface area (Å²) in [6.45, 7) is 7.13. The Kier molecular flexibility index (Phi) is 8.74. The highest BCUT2D eigenvalue weighted by molar-refractivity contribution is 5.85. The van der Waals surface area contributed by atoms with Crippen LogP contribution in [-0.2, 0) is 22.6 Å². The Morgan fingerprint density at radius 2 is 1.68 bits per heavy atom. The minimum Gasteiger partial charge on any atom is -0.378 e. The molecule has 0 spiro atoms. The van der Waals surface area contributed by atoms with Crippen LogP contribution in [0.4, 0.5) is 5.69 Å². The lowest BCUT2D eigenvalue weighted by atomic mass is 10.1. The molecular formula is C28H38N4O2. The van der Waals surface area contributed by atoms with Gasteiger partial charge in [-0.1, -0.05) is 44.2 Å². The van der Waals surface area contributed by atoms with Crippen LogP contribution in [0.3, 0.4) is 0 Å². The Labute approximate surface area is 203 Å². The summed E-state index contributed by atoms with van der Waals surface area (Å²) >= 11 is 0. The van der Waals surface area contributed by atoms with Crippen LogP contribution in [0, 0.1) is 0 Å². The molecule has 6 heteroatoms. The summed E-state index contributed by atoms with van der Waals surface area (Å²) in [5.41, 5.74) is 4.50. The van der Waals surface area contributed by atoms with Gasteiger partial charge in [-0.15, -0.1) is 0 Å². The summed E-state index contributed by atoms with van der Waals surface area (Å²) < 4.78 is 0. The second-order valence-corrected chi connectivity index (χ2v) is 9.12. The van der Waals surface area contributed by atoms with Crippen LogP contribution in [0.2, 0.25) is 0 Å². The molecule has 2 amide bonds. The fourth-order valence-electron chi connectivity index (χ4n) is 4.16. The highest BCUT2D eigenvalue weighted by Crippen LogP contribution is 2.20. The minimum absolute atomic E-state index is 0.0152. The maximum atomic E-state index is 13.5. The molecule has 0 radical (unpaired) electrons. The number of para-hydroxylation sites is 1. The fourth-order valence-corrected chi connectivity index (χ4v) is 4.16. The Balaban J connectivity index is 1.80. The van der Waals surface area contributed by atoms with Crippen LogP contribution < -0.4 is 4.90 Å². The van der Waals surface area contributed by atoms with E-state index in [2.05, 4.69) is 46.3 Å². The Hall–Kier alpha value is -3.28. The number of carbonyl (C=O) groups is 2. The van der Waals surface area contributed by atoms with Gasteiger partial charge in [0, 0.05) is 62.4 Å². The summed E-state index contributed by atoms with van der Waals surface area (Å²) in [7, 11) is 4.03. The predicted octanol–water partition coefficient (Wildman–Crippen LogP) is 4.84. The van der Waals surface area contributed by atoms with Crippen LogP contribution in [-0.4, -0.2) is 59.8 Å². The van der Waals surface area contributed by atoms with E-state index in [0.29, 0.717) is 19.5 Å². The number of nitrogens with zero attached hydrogens (tertiary/aromatic N) is 3. The SMILES string of the molecule is CCC(=O)N(CC(=O)N(CCc1c[nH]c2ccccc12)Cc1ccc(N(C)C)cc1)C(C)CC. The van der Waals surface area contributed by atoms with Gasteiger partial charge in [0.15, 0.2) is 0 Å². The van der Waals surface area contributed by atoms with Gasteiger partial charge in [-0.25, -0.2) is 0 Å². The van der Waals surface area contributed by atoms with Crippen molar-refractivity contribution in [1.82, 2.24) is 14.8 Å². The van der Waals surface area contributed by atoms with Crippen LogP contribution in [0.25, 0.3) is 10.9 Å². The lowest BCUT2D eigenvalue weighted by Crippen LogP contribution is -2.46. The molecule has 0 aliphatic heterocycles. The summed E-state index contributed by atoms with van der Waals surface area (Å²) in [6.07, 6.45) is 4.00. The summed E-state index contributed by atoms with van der Waals surface area (Å²) in [5.74, 6) is 0.00763. The monoisotopic (exact) mass is 462 g/mol. The molecule has 0 fully saturated rings. The number of hydrogen-bond donors (Lipinski definition) is 1. The van der Waals surface area contributed by atoms with Crippen molar-refractivity contribution in [2.75, 3.05) is 32.1 Å². The quantitative estimate of drug-likeness (QED) is 0.443. The fraction of sp³-hybridized carbons (Fsp3) is 0.429. The van der Waals surface area contributed by atoms with Crippen molar-refractivity contribution in [3.05, 3.63) is 65.9 Å². The van der Waals surface area contributed by atoms with Crippen molar-refractivity contribution in [2.45, 2.75) is 52.6 Å². The van der Waals surface area contributed by atoms with Crippen molar-refractivity contribution in [3.63, 3.8) is 0 Å². The summed E-state index contributed by atoms with van der Waals surface area (Å²) in [4.78, 5) is 35.1. The molecule has 1 N–H and O–H groups in total. The van der Waals surface area contributed by atoms with Crippen molar-refractivity contribution in [1.29, 1.82) is 0 Å². The van der Waals surface area contributed by atoms with E-state index in [1.807, 2.05) is 58.1 Å². The summed E-state index contributed by atoms with van der Waals surface area (Å²) in [5, 5.41) is 1.19. The maximum absolute atomic E-state index is 13.5. The normalized spacial score (nSPS) is 11.9. The number of carbonyl (C=O) groups excluding carboxylic acids is 2. The Morgan fingerprint density at radius 3 is 2.32 bits per heavy atom. The van der Waals surface area contributed by atoms with E-state index in [9.17, 15) is 9.59 Å². The number of hydrogen-bond acceptors (Lipinski definition) is 3. The van der Waals surface area contributed by atoms with Crippen LogP contribution in [0.1, 0.15) is 44.7 Å². The van der Waals surface area contributed by atoms with Gasteiger partial charge >= 0.3 is 0 Å². The van der Waals surface area contributed by atoms with Gasteiger partial charge in [0.05, 0.1) is 6.54 Å². The standard InChI is InChI=1S/C28H38N4O2/c1-6-21(3)32(27(33)7-2)20-28(34)31(19-22-12-14-24(15-13-22)30(4)5)17-16-23-18-29-26-11-9-8-10-25(23)26/h8-15,18,21,29H,6-7,16-17,19-20H2,1-5H3. The number of fused-ring (bicyclic) bond motifs is 1. The first-order chi connectivity index (χ1) is 16.3. The molecule has 3 rings (SSSR count). The molecule has 1 aromatic heterocycles. The molecule has 0 saturated carbocycles. The van der Waals surface area contributed by atoms with E-state index in [1.165, 1.54) is 10.9 Å². The van der Waals surface area contributed by atoms with Gasteiger partial charge in [-0.3, -0.25) is 9.59 Å². The zero-order chi connectivity index (χ0) is 24.7. The van der Waals surface area contributed by atoms with Gasteiger partial charge < -0.3 is 19.7 Å². The topological polar surface area (TPSA) is 59.7 Å². The molecule has 2 aromatic carbocycles. The number of benzene rings is 2. The molecule has 3 aromatic rings. The van der Waals surface area contributed by atoms with E-state index < -0.39 is 0 Å². The molecular weight excluding hydrogens is 424 g/mol. The number of nitrogens with one attached hydrogen (secondary N) is 1. The first kappa shape index (κ1) is 25.3. The van der Waals surface area contributed by atoms with E-state index in [0.717, 1.165) is 29.6 Å². The Morgan fingerprint density at radius 1 is 0.971 bits per heavy atom. The molecule has 1 unspecified atom stereocenters. The van der Waals surface area contributed by atoms with E-state index in [-0.39, 0.29) is 24.4 Å². The lowest BCUT2D eigenvalue weighted by molar-refractivity contribution is -0.142. The number of amides is 2. The largest absolute Gasteiger partial charge is 0.378 e. The van der Waals surface area contributed by atoms with Crippen molar-refractivity contribution < 1.29 is 9.59 Å². The zero-order valence-electron chi connectivity index (χ0n) is 21.2. The van der Waals surface area contributed by atoms with E-state index in [1.54, 1.807) is 4.90 Å². The average molecular weight is 463 g/mol. The third-order valence-corrected chi connectivity index (χ3v) is 6.56. The van der Waals surface area contributed by atoms with Crippen molar-refractivity contribution in [2.24, 2.45) is 0 Å². The Bertz CT molecular complexity index is 1090. The van der Waals surface area contributed by atoms with Gasteiger partial charge in [0.2, 0.25) is 11.8 Å². The smallest absolute Gasteiger partial charge is 0.242 e. The number of H-pyrrole nitrogens is 1. The number of rotatable bonds is 11. The highest BCUT2D eigenvalue weighted by atomic mass is 16.2.